The molecule has 2 aromatic rings. The van der Waals surface area contributed by atoms with Crippen LogP contribution < -0.4 is 5.32 Å². The number of sulfonamides is 1. The largest absolute Gasteiger partial charge is 0.324 e. The number of anilines is 1. The SMILES string of the molecule is CN(CCCC(=O)Nc1ccc(Br)cc1F)S(=O)(=O)c1ccc(F)cc1. The van der Waals surface area contributed by atoms with Crippen LogP contribution in [0.4, 0.5) is 14.5 Å². The van der Waals surface area contributed by atoms with Crippen LogP contribution in [0.3, 0.4) is 0 Å². The number of carbonyl (C=O) groups excluding carboxylic acids is 1. The fourth-order valence-corrected chi connectivity index (χ4v) is 3.72. The summed E-state index contributed by atoms with van der Waals surface area (Å²) >= 11 is 3.13. The van der Waals surface area contributed by atoms with E-state index in [0.29, 0.717) is 4.47 Å². The van der Waals surface area contributed by atoms with E-state index >= 15 is 0 Å². The maximum absolute atomic E-state index is 13.7. The summed E-state index contributed by atoms with van der Waals surface area (Å²) in [6.07, 6.45) is 0.277. The minimum Gasteiger partial charge on any atom is -0.324 e. The van der Waals surface area contributed by atoms with Crippen LogP contribution in [-0.4, -0.2) is 32.2 Å². The van der Waals surface area contributed by atoms with Crippen molar-refractivity contribution in [3.63, 3.8) is 0 Å². The molecule has 0 saturated carbocycles. The van der Waals surface area contributed by atoms with E-state index in [4.69, 9.17) is 0 Å². The summed E-state index contributed by atoms with van der Waals surface area (Å²) in [6, 6.07) is 8.78. The molecule has 26 heavy (non-hydrogen) atoms. The lowest BCUT2D eigenvalue weighted by Crippen LogP contribution is -2.28. The summed E-state index contributed by atoms with van der Waals surface area (Å²) in [6.45, 7) is 0.0932. The van der Waals surface area contributed by atoms with E-state index in [-0.39, 0.29) is 30.0 Å². The monoisotopic (exact) mass is 446 g/mol. The molecule has 1 N–H and O–H groups in total. The van der Waals surface area contributed by atoms with Crippen LogP contribution in [0.1, 0.15) is 12.8 Å². The van der Waals surface area contributed by atoms with E-state index in [1.54, 1.807) is 6.07 Å². The van der Waals surface area contributed by atoms with Crippen LogP contribution in [0, 0.1) is 11.6 Å². The first-order chi connectivity index (χ1) is 12.2. The zero-order valence-electron chi connectivity index (χ0n) is 13.9. The Morgan fingerprint density at radius 2 is 1.81 bits per heavy atom. The molecule has 0 heterocycles. The first-order valence-corrected chi connectivity index (χ1v) is 9.90. The number of amides is 1. The van der Waals surface area contributed by atoms with Gasteiger partial charge in [-0.2, -0.15) is 0 Å². The predicted octanol–water partition coefficient (Wildman–Crippen LogP) is 3.77. The molecule has 0 atom stereocenters. The van der Waals surface area contributed by atoms with Gasteiger partial charge in [0.25, 0.3) is 0 Å². The Balaban J connectivity index is 1.88. The molecule has 0 radical (unpaired) electrons. The van der Waals surface area contributed by atoms with Crippen LogP contribution in [-0.2, 0) is 14.8 Å². The van der Waals surface area contributed by atoms with Gasteiger partial charge >= 0.3 is 0 Å². The van der Waals surface area contributed by atoms with Gasteiger partial charge in [-0.3, -0.25) is 4.79 Å². The van der Waals surface area contributed by atoms with E-state index in [9.17, 15) is 22.0 Å². The molecule has 0 aliphatic rings. The normalized spacial score (nSPS) is 11.6. The summed E-state index contributed by atoms with van der Waals surface area (Å²) < 4.78 is 52.9. The first kappa shape index (κ1) is 20.5. The standard InChI is InChI=1S/C17H17BrF2N2O3S/c1-22(26(24,25)14-7-5-13(19)6-8-14)10-2-3-17(23)21-16-9-4-12(18)11-15(16)20/h4-9,11H,2-3,10H2,1H3,(H,21,23). The molecule has 2 aromatic carbocycles. The van der Waals surface area contributed by atoms with Crippen molar-refractivity contribution in [2.24, 2.45) is 0 Å². The van der Waals surface area contributed by atoms with Gasteiger partial charge in [-0.05, 0) is 48.9 Å². The van der Waals surface area contributed by atoms with E-state index in [0.717, 1.165) is 16.4 Å². The van der Waals surface area contributed by atoms with Crippen LogP contribution in [0.15, 0.2) is 51.8 Å². The Morgan fingerprint density at radius 3 is 2.42 bits per heavy atom. The lowest BCUT2D eigenvalue weighted by atomic mass is 10.2. The van der Waals surface area contributed by atoms with Gasteiger partial charge in [-0.1, -0.05) is 15.9 Å². The van der Waals surface area contributed by atoms with Gasteiger partial charge in [0, 0.05) is 24.5 Å². The second kappa shape index (κ2) is 8.70. The van der Waals surface area contributed by atoms with Crippen molar-refractivity contribution >= 4 is 37.5 Å². The van der Waals surface area contributed by atoms with Crippen molar-refractivity contribution in [1.29, 1.82) is 0 Å². The molecule has 0 fully saturated rings. The summed E-state index contributed by atoms with van der Waals surface area (Å²) in [5.74, 6) is -1.51. The van der Waals surface area contributed by atoms with Gasteiger partial charge < -0.3 is 5.32 Å². The summed E-state index contributed by atoms with van der Waals surface area (Å²) in [4.78, 5) is 11.9. The number of rotatable bonds is 7. The van der Waals surface area contributed by atoms with Crippen molar-refractivity contribution in [3.8, 4) is 0 Å². The zero-order valence-corrected chi connectivity index (χ0v) is 16.3. The highest BCUT2D eigenvalue weighted by Crippen LogP contribution is 2.20. The minimum atomic E-state index is -3.75. The number of benzene rings is 2. The van der Waals surface area contributed by atoms with Gasteiger partial charge in [0.1, 0.15) is 11.6 Å². The highest BCUT2D eigenvalue weighted by atomic mass is 79.9. The van der Waals surface area contributed by atoms with E-state index in [2.05, 4.69) is 21.2 Å². The molecular formula is C17H17BrF2N2O3S. The van der Waals surface area contributed by atoms with Gasteiger partial charge in [-0.25, -0.2) is 21.5 Å². The lowest BCUT2D eigenvalue weighted by Gasteiger charge is -2.17. The molecule has 0 spiro atoms. The molecule has 0 aliphatic heterocycles. The second-order valence-corrected chi connectivity index (χ2v) is 8.52. The summed E-state index contributed by atoms with van der Waals surface area (Å²) in [5, 5.41) is 2.44. The first-order valence-electron chi connectivity index (χ1n) is 7.67. The lowest BCUT2D eigenvalue weighted by molar-refractivity contribution is -0.116. The second-order valence-electron chi connectivity index (χ2n) is 5.56. The van der Waals surface area contributed by atoms with E-state index in [1.807, 2.05) is 0 Å². The van der Waals surface area contributed by atoms with Crippen molar-refractivity contribution < 1.29 is 22.0 Å². The fourth-order valence-electron chi connectivity index (χ4n) is 2.17. The third-order valence-electron chi connectivity index (χ3n) is 3.60. The van der Waals surface area contributed by atoms with Gasteiger partial charge in [-0.15, -0.1) is 0 Å². The van der Waals surface area contributed by atoms with Crippen molar-refractivity contribution in [2.45, 2.75) is 17.7 Å². The molecule has 0 saturated heterocycles. The molecule has 1 amide bonds. The molecular weight excluding hydrogens is 430 g/mol. The predicted molar refractivity (Wildman–Crippen MR) is 98.2 cm³/mol. The Kier molecular flexibility index (Phi) is 6.85. The number of hydrogen-bond donors (Lipinski definition) is 1. The van der Waals surface area contributed by atoms with Crippen LogP contribution in [0.25, 0.3) is 0 Å². The maximum atomic E-state index is 13.7. The number of carbonyl (C=O) groups is 1. The van der Waals surface area contributed by atoms with Crippen molar-refractivity contribution in [2.75, 3.05) is 18.9 Å². The molecule has 5 nitrogen and oxygen atoms in total. The van der Waals surface area contributed by atoms with Gasteiger partial charge in [0.05, 0.1) is 10.6 Å². The molecule has 9 heteroatoms. The average Bonchev–Trinajstić information content (AvgIpc) is 2.57. The quantitative estimate of drug-likeness (QED) is 0.703. The van der Waals surface area contributed by atoms with Gasteiger partial charge in [0.2, 0.25) is 15.9 Å². The number of nitrogens with zero attached hydrogens (tertiary/aromatic N) is 1. The third kappa shape index (κ3) is 5.33. The highest BCUT2D eigenvalue weighted by Gasteiger charge is 2.20. The number of hydrogen-bond acceptors (Lipinski definition) is 3. The Labute approximate surface area is 159 Å². The van der Waals surface area contributed by atoms with Crippen LogP contribution in [0.2, 0.25) is 0 Å². The van der Waals surface area contributed by atoms with Crippen LogP contribution in [0.5, 0.6) is 0 Å². The molecule has 0 unspecified atom stereocenters. The topological polar surface area (TPSA) is 66.5 Å². The molecule has 0 bridgehead atoms. The Morgan fingerprint density at radius 1 is 1.15 bits per heavy atom. The Bertz CT molecular complexity index is 889. The number of nitrogens with one attached hydrogen (secondary N) is 1. The Hall–Kier alpha value is -1.84. The highest BCUT2D eigenvalue weighted by molar-refractivity contribution is 9.10. The van der Waals surface area contributed by atoms with Crippen molar-refractivity contribution in [1.82, 2.24) is 4.31 Å². The molecule has 0 aliphatic carbocycles. The molecule has 2 rings (SSSR count). The third-order valence-corrected chi connectivity index (χ3v) is 5.97. The smallest absolute Gasteiger partial charge is 0.242 e. The van der Waals surface area contributed by atoms with Crippen LogP contribution >= 0.6 is 15.9 Å². The number of halogens is 3. The van der Waals surface area contributed by atoms with Gasteiger partial charge in [0.15, 0.2) is 0 Å². The minimum absolute atomic E-state index is 0.0252. The molecule has 140 valence electrons. The summed E-state index contributed by atoms with van der Waals surface area (Å²) in [5.41, 5.74) is 0.0606. The average molecular weight is 447 g/mol. The van der Waals surface area contributed by atoms with Crippen molar-refractivity contribution in [3.05, 3.63) is 58.6 Å². The fraction of sp³-hybridized carbons (Fsp3) is 0.235. The van der Waals surface area contributed by atoms with E-state index in [1.165, 1.54) is 31.3 Å². The summed E-state index contributed by atoms with van der Waals surface area (Å²) in [7, 11) is -2.37. The molecule has 0 aromatic heterocycles. The van der Waals surface area contributed by atoms with E-state index < -0.39 is 27.6 Å². The maximum Gasteiger partial charge on any atom is 0.242 e. The zero-order chi connectivity index (χ0) is 19.3.